The lowest BCUT2D eigenvalue weighted by Crippen LogP contribution is -2.27. The van der Waals surface area contributed by atoms with E-state index >= 15 is 0 Å². The van der Waals surface area contributed by atoms with E-state index in [1.165, 1.54) is 24.9 Å². The zero-order valence-electron chi connectivity index (χ0n) is 15.5. The van der Waals surface area contributed by atoms with Crippen LogP contribution in [0.3, 0.4) is 0 Å². The number of carboxylic acid groups (broad SMARTS) is 1. The Bertz CT molecular complexity index is 1070. The Hall–Kier alpha value is -3.19. The number of carbonyl (C=O) groups is 2. The second kappa shape index (κ2) is 7.82. The highest BCUT2D eigenvalue weighted by molar-refractivity contribution is 6.32. The number of rotatable bonds is 6. The van der Waals surface area contributed by atoms with Gasteiger partial charge in [-0.3, -0.25) is 4.79 Å². The molecule has 3 rings (SSSR count). The van der Waals surface area contributed by atoms with Crippen molar-refractivity contribution >= 4 is 40.1 Å². The molecule has 1 amide bonds. The van der Waals surface area contributed by atoms with E-state index in [-0.39, 0.29) is 12.1 Å². The zero-order valence-corrected chi connectivity index (χ0v) is 16.3. The van der Waals surface area contributed by atoms with E-state index in [0.717, 1.165) is 0 Å². The molecule has 0 aliphatic carbocycles. The van der Waals surface area contributed by atoms with Crippen LogP contribution in [0.25, 0.3) is 10.9 Å². The predicted molar refractivity (Wildman–Crippen MR) is 104 cm³/mol. The number of aromatic carboxylic acids is 1. The molecule has 1 aromatic heterocycles. The highest BCUT2D eigenvalue weighted by atomic mass is 35.5. The molecule has 0 spiro atoms. The van der Waals surface area contributed by atoms with Crippen LogP contribution in [0.5, 0.6) is 11.5 Å². The van der Waals surface area contributed by atoms with Gasteiger partial charge in [-0.2, -0.15) is 0 Å². The van der Waals surface area contributed by atoms with Gasteiger partial charge in [0.1, 0.15) is 11.5 Å². The normalized spacial score (nSPS) is 10.7. The van der Waals surface area contributed by atoms with Crippen LogP contribution in [0.2, 0.25) is 5.02 Å². The summed E-state index contributed by atoms with van der Waals surface area (Å²) in [5.41, 5.74) is 1.41. The minimum Gasteiger partial charge on any atom is -0.543 e. The first-order valence-corrected chi connectivity index (χ1v) is 8.74. The number of para-hydroxylation sites is 1. The number of carbonyl (C=O) groups excluding carboxylic acids is 2. The number of aromatic nitrogens is 1. The third-order valence-electron chi connectivity index (χ3n) is 4.49. The van der Waals surface area contributed by atoms with Crippen LogP contribution < -0.4 is 19.9 Å². The molecular weight excluding hydrogens is 384 g/mol. The molecule has 0 saturated carbocycles. The van der Waals surface area contributed by atoms with Crippen LogP contribution in [-0.2, 0) is 18.3 Å². The standard InChI is InChI=1S/C20H19ClN2O5/c1-23-15-7-5-4-6-11(15)12(19(23)20(25)26)8-18(24)22-14-9-13(21)16(27-2)10-17(14)28-3/h4-7,9-10H,8H2,1-3H3,(H,22,24)(H,25,26)/p-1. The van der Waals surface area contributed by atoms with E-state index in [4.69, 9.17) is 21.1 Å². The molecule has 28 heavy (non-hydrogen) atoms. The van der Waals surface area contributed by atoms with Crippen LogP contribution in [0.1, 0.15) is 16.1 Å². The monoisotopic (exact) mass is 401 g/mol. The zero-order chi connectivity index (χ0) is 20.4. The predicted octanol–water partition coefficient (Wildman–Crippen LogP) is 2.39. The first-order valence-electron chi connectivity index (χ1n) is 8.36. The van der Waals surface area contributed by atoms with E-state index in [9.17, 15) is 14.7 Å². The molecule has 146 valence electrons. The van der Waals surface area contributed by atoms with Gasteiger partial charge in [0.05, 0.1) is 43.0 Å². The molecule has 7 nitrogen and oxygen atoms in total. The lowest BCUT2D eigenvalue weighted by molar-refractivity contribution is -0.255. The topological polar surface area (TPSA) is 92.6 Å². The van der Waals surface area contributed by atoms with E-state index in [1.54, 1.807) is 37.4 Å². The lowest BCUT2D eigenvalue weighted by atomic mass is 10.1. The Labute approximate surface area is 166 Å². The Balaban J connectivity index is 1.96. The molecule has 0 saturated heterocycles. The smallest absolute Gasteiger partial charge is 0.229 e. The Morgan fingerprint density at radius 2 is 1.82 bits per heavy atom. The Kier molecular flexibility index (Phi) is 5.46. The molecule has 0 atom stereocenters. The number of amides is 1. The highest BCUT2D eigenvalue weighted by Crippen LogP contribution is 2.36. The van der Waals surface area contributed by atoms with Crippen molar-refractivity contribution in [2.24, 2.45) is 7.05 Å². The van der Waals surface area contributed by atoms with Gasteiger partial charge in [0.25, 0.3) is 0 Å². The van der Waals surface area contributed by atoms with Crippen molar-refractivity contribution in [3.05, 3.63) is 52.7 Å². The van der Waals surface area contributed by atoms with Gasteiger partial charge < -0.3 is 29.3 Å². The van der Waals surface area contributed by atoms with Gasteiger partial charge in [-0.25, -0.2) is 0 Å². The first kappa shape index (κ1) is 19.6. The number of ether oxygens (including phenoxy) is 2. The molecule has 3 aromatic rings. The number of benzene rings is 2. The van der Waals surface area contributed by atoms with Crippen molar-refractivity contribution in [2.45, 2.75) is 6.42 Å². The molecular formula is C20H18ClN2O5-. The second-order valence-corrected chi connectivity index (χ2v) is 6.51. The fourth-order valence-corrected chi connectivity index (χ4v) is 3.46. The van der Waals surface area contributed by atoms with Crippen molar-refractivity contribution in [2.75, 3.05) is 19.5 Å². The summed E-state index contributed by atoms with van der Waals surface area (Å²) in [6.45, 7) is 0. The number of nitrogens with zero attached hydrogens (tertiary/aromatic N) is 1. The largest absolute Gasteiger partial charge is 0.543 e. The second-order valence-electron chi connectivity index (χ2n) is 6.10. The van der Waals surface area contributed by atoms with Crippen molar-refractivity contribution in [3.8, 4) is 11.5 Å². The number of hydrogen-bond donors (Lipinski definition) is 1. The molecule has 2 aromatic carbocycles. The fourth-order valence-electron chi connectivity index (χ4n) is 3.22. The van der Waals surface area contributed by atoms with Crippen molar-refractivity contribution < 1.29 is 24.2 Å². The summed E-state index contributed by atoms with van der Waals surface area (Å²) in [5.74, 6) is -0.984. The summed E-state index contributed by atoms with van der Waals surface area (Å²) in [6.07, 6.45) is -0.155. The van der Waals surface area contributed by atoms with Crippen LogP contribution in [0.4, 0.5) is 5.69 Å². The van der Waals surface area contributed by atoms with Crippen LogP contribution >= 0.6 is 11.6 Å². The average molecular weight is 402 g/mol. The molecule has 0 unspecified atom stereocenters. The molecule has 1 N–H and O–H groups in total. The first-order chi connectivity index (χ1) is 13.4. The Morgan fingerprint density at radius 3 is 2.46 bits per heavy atom. The number of fused-ring (bicyclic) bond motifs is 1. The fraction of sp³-hybridized carbons (Fsp3) is 0.200. The van der Waals surface area contributed by atoms with Gasteiger partial charge in [-0.05, 0) is 17.7 Å². The van der Waals surface area contributed by atoms with Crippen LogP contribution in [-0.4, -0.2) is 30.7 Å². The van der Waals surface area contributed by atoms with Crippen LogP contribution in [0, 0.1) is 0 Å². The summed E-state index contributed by atoms with van der Waals surface area (Å²) in [5, 5.41) is 15.4. The summed E-state index contributed by atoms with van der Waals surface area (Å²) in [4.78, 5) is 24.3. The number of aryl methyl sites for hydroxylation is 1. The van der Waals surface area contributed by atoms with Crippen molar-refractivity contribution in [1.82, 2.24) is 4.57 Å². The van der Waals surface area contributed by atoms with E-state index in [1.807, 2.05) is 0 Å². The van der Waals surface area contributed by atoms with Crippen LogP contribution in [0.15, 0.2) is 36.4 Å². The molecule has 0 aliphatic rings. The third-order valence-corrected chi connectivity index (χ3v) is 4.79. The van der Waals surface area contributed by atoms with Gasteiger partial charge in [0.15, 0.2) is 0 Å². The minimum absolute atomic E-state index is 0.0314. The molecule has 1 heterocycles. The van der Waals surface area contributed by atoms with Gasteiger partial charge >= 0.3 is 0 Å². The molecule has 0 radical (unpaired) electrons. The lowest BCUT2D eigenvalue weighted by Gasteiger charge is -2.14. The molecule has 0 fully saturated rings. The maximum absolute atomic E-state index is 12.7. The van der Waals surface area contributed by atoms with Gasteiger partial charge in [0, 0.05) is 24.0 Å². The third kappa shape index (κ3) is 3.48. The summed E-state index contributed by atoms with van der Waals surface area (Å²) >= 11 is 6.13. The summed E-state index contributed by atoms with van der Waals surface area (Å²) in [6, 6.07) is 10.2. The average Bonchev–Trinajstić information content (AvgIpc) is 2.94. The van der Waals surface area contributed by atoms with Gasteiger partial charge in [-0.1, -0.05) is 29.8 Å². The van der Waals surface area contributed by atoms with Gasteiger partial charge in [-0.15, -0.1) is 0 Å². The Morgan fingerprint density at radius 1 is 1.14 bits per heavy atom. The van der Waals surface area contributed by atoms with E-state index in [0.29, 0.717) is 38.7 Å². The minimum atomic E-state index is -1.34. The number of carboxylic acids is 1. The highest BCUT2D eigenvalue weighted by Gasteiger charge is 2.19. The van der Waals surface area contributed by atoms with Gasteiger partial charge in [0.2, 0.25) is 5.91 Å². The molecule has 0 bridgehead atoms. The maximum Gasteiger partial charge on any atom is 0.229 e. The number of hydrogen-bond acceptors (Lipinski definition) is 5. The summed E-state index contributed by atoms with van der Waals surface area (Å²) in [7, 11) is 4.55. The van der Waals surface area contributed by atoms with Crippen molar-refractivity contribution in [3.63, 3.8) is 0 Å². The van der Waals surface area contributed by atoms with Crippen molar-refractivity contribution in [1.29, 1.82) is 0 Å². The maximum atomic E-state index is 12.7. The number of anilines is 1. The molecule has 8 heteroatoms. The SMILES string of the molecule is COc1cc(OC)c(NC(=O)Cc2c(C(=O)[O-])n(C)c3ccccc23)cc1Cl. The number of halogens is 1. The number of methoxy groups -OCH3 is 2. The van der Waals surface area contributed by atoms with E-state index in [2.05, 4.69) is 5.32 Å². The summed E-state index contributed by atoms with van der Waals surface area (Å²) < 4.78 is 11.9. The quantitative estimate of drug-likeness (QED) is 0.684. The number of nitrogens with one attached hydrogen (secondary N) is 1. The molecule has 0 aliphatic heterocycles. The van der Waals surface area contributed by atoms with E-state index < -0.39 is 11.9 Å².